The topological polar surface area (TPSA) is 86.7 Å². The van der Waals surface area contributed by atoms with Crippen LogP contribution in [0.4, 0.5) is 5.69 Å². The lowest BCUT2D eigenvalue weighted by Crippen LogP contribution is -2.37. The second-order valence-electron chi connectivity index (χ2n) is 5.68. The lowest BCUT2D eigenvalue weighted by atomic mass is 10.2. The normalized spacial score (nSPS) is 13.6. The number of carbonyl (C=O) groups excluding carboxylic acids is 1. The van der Waals surface area contributed by atoms with Crippen molar-refractivity contribution in [3.8, 4) is 5.75 Å². The number of amides is 1. The molecule has 2 N–H and O–H groups in total. The highest BCUT2D eigenvalue weighted by Gasteiger charge is 2.28. The Labute approximate surface area is 151 Å². The van der Waals surface area contributed by atoms with E-state index in [2.05, 4.69) is 5.32 Å². The predicted molar refractivity (Wildman–Crippen MR) is 96.7 cm³/mol. The first kappa shape index (κ1) is 17.6. The molecule has 2 aromatic carbocycles. The molecule has 0 atom stereocenters. The number of fused-ring (bicyclic) bond motifs is 1. The van der Waals surface area contributed by atoms with Crippen molar-refractivity contribution in [1.82, 2.24) is 5.32 Å². The van der Waals surface area contributed by atoms with Crippen molar-refractivity contribution in [2.24, 2.45) is 0 Å². The van der Waals surface area contributed by atoms with Crippen LogP contribution in [-0.4, -0.2) is 38.3 Å². The minimum Gasteiger partial charge on any atom is -0.507 e. The zero-order valence-electron chi connectivity index (χ0n) is 13.3. The van der Waals surface area contributed by atoms with Crippen molar-refractivity contribution in [2.45, 2.75) is 6.42 Å². The first-order valence-electron chi connectivity index (χ1n) is 7.73. The monoisotopic (exact) mass is 380 g/mol. The number of nitrogens with one attached hydrogen (secondary N) is 1. The van der Waals surface area contributed by atoms with Crippen molar-refractivity contribution >= 4 is 33.2 Å². The van der Waals surface area contributed by atoms with Crippen LogP contribution in [0.25, 0.3) is 0 Å². The Bertz CT molecular complexity index is 915. The van der Waals surface area contributed by atoms with E-state index >= 15 is 0 Å². The molecule has 0 saturated heterocycles. The summed E-state index contributed by atoms with van der Waals surface area (Å²) < 4.78 is 26.5. The van der Waals surface area contributed by atoms with E-state index in [1.807, 2.05) is 12.1 Å². The second kappa shape index (κ2) is 6.93. The number of sulfonamides is 1. The fraction of sp³-hybridized carbons (Fsp3) is 0.235. The summed E-state index contributed by atoms with van der Waals surface area (Å²) in [6.07, 6.45) is 0.679. The molecular weight excluding hydrogens is 364 g/mol. The van der Waals surface area contributed by atoms with E-state index in [-0.39, 0.29) is 23.6 Å². The molecular formula is C17H17ClN2O4S. The molecule has 0 spiro atoms. The number of hydrogen-bond donors (Lipinski definition) is 2. The van der Waals surface area contributed by atoms with Crippen LogP contribution in [0.5, 0.6) is 5.75 Å². The van der Waals surface area contributed by atoms with Gasteiger partial charge in [-0.3, -0.25) is 9.10 Å². The Morgan fingerprint density at radius 1 is 1.24 bits per heavy atom. The van der Waals surface area contributed by atoms with Gasteiger partial charge in [0.2, 0.25) is 10.0 Å². The summed E-state index contributed by atoms with van der Waals surface area (Å²) in [5, 5.41) is 12.5. The Morgan fingerprint density at radius 3 is 2.80 bits per heavy atom. The Hall–Kier alpha value is -2.25. The molecule has 2 aromatic rings. The number of nitrogens with zero attached hydrogens (tertiary/aromatic N) is 1. The highest BCUT2D eigenvalue weighted by molar-refractivity contribution is 7.92. The number of hydrogen-bond acceptors (Lipinski definition) is 4. The zero-order chi connectivity index (χ0) is 18.0. The first-order chi connectivity index (χ1) is 11.9. The van der Waals surface area contributed by atoms with E-state index in [4.69, 9.17) is 11.6 Å². The van der Waals surface area contributed by atoms with Gasteiger partial charge in [0.1, 0.15) is 5.75 Å². The highest BCUT2D eigenvalue weighted by atomic mass is 35.5. The Kier molecular flexibility index (Phi) is 4.87. The second-order valence-corrected chi connectivity index (χ2v) is 8.13. The fourth-order valence-electron chi connectivity index (χ4n) is 2.79. The molecule has 0 unspecified atom stereocenters. The standard InChI is InChI=1S/C17H17ClN2O4S/c18-13-5-6-16(21)14(11-13)17(22)19-8-10-25(23,24)20-9-7-12-3-1-2-4-15(12)20/h1-6,11,21H,7-10H2,(H,19,22). The fourth-order valence-corrected chi connectivity index (χ4v) is 4.39. The number of phenolic OH excluding ortho intramolecular Hbond substituents is 1. The van der Waals surface area contributed by atoms with Crippen molar-refractivity contribution in [2.75, 3.05) is 23.1 Å². The van der Waals surface area contributed by atoms with Gasteiger partial charge in [0.05, 0.1) is 17.0 Å². The molecule has 0 fully saturated rings. The highest BCUT2D eigenvalue weighted by Crippen LogP contribution is 2.29. The molecule has 8 heteroatoms. The van der Waals surface area contributed by atoms with Crippen LogP contribution in [0.3, 0.4) is 0 Å². The lowest BCUT2D eigenvalue weighted by Gasteiger charge is -2.19. The first-order valence-corrected chi connectivity index (χ1v) is 9.72. The van der Waals surface area contributed by atoms with E-state index in [0.29, 0.717) is 23.7 Å². The van der Waals surface area contributed by atoms with Crippen molar-refractivity contribution in [3.63, 3.8) is 0 Å². The number of para-hydroxylation sites is 1. The van der Waals surface area contributed by atoms with Gasteiger partial charge in [-0.05, 0) is 36.2 Å². The maximum Gasteiger partial charge on any atom is 0.255 e. The third-order valence-electron chi connectivity index (χ3n) is 4.03. The summed E-state index contributed by atoms with van der Waals surface area (Å²) in [4.78, 5) is 12.1. The molecule has 132 valence electrons. The molecule has 0 aliphatic carbocycles. The quantitative estimate of drug-likeness (QED) is 0.832. The lowest BCUT2D eigenvalue weighted by molar-refractivity contribution is 0.0953. The van der Waals surface area contributed by atoms with Crippen LogP contribution in [0.1, 0.15) is 15.9 Å². The molecule has 0 radical (unpaired) electrons. The number of anilines is 1. The van der Waals surface area contributed by atoms with Gasteiger partial charge in [0, 0.05) is 18.1 Å². The summed E-state index contributed by atoms with van der Waals surface area (Å²) in [7, 11) is -3.54. The molecule has 25 heavy (non-hydrogen) atoms. The smallest absolute Gasteiger partial charge is 0.255 e. The average Bonchev–Trinajstić information content (AvgIpc) is 3.01. The molecule has 3 rings (SSSR count). The van der Waals surface area contributed by atoms with Gasteiger partial charge in [-0.15, -0.1) is 0 Å². The number of benzene rings is 2. The summed E-state index contributed by atoms with van der Waals surface area (Å²) in [6.45, 7) is 0.344. The Balaban J connectivity index is 1.64. The van der Waals surface area contributed by atoms with E-state index in [9.17, 15) is 18.3 Å². The minimum absolute atomic E-state index is 0.0106. The van der Waals surface area contributed by atoms with Gasteiger partial charge >= 0.3 is 0 Å². The Morgan fingerprint density at radius 2 is 2.00 bits per heavy atom. The summed E-state index contributed by atoms with van der Waals surface area (Å²) in [5.74, 6) is -1.01. The maximum absolute atomic E-state index is 12.5. The minimum atomic E-state index is -3.54. The summed E-state index contributed by atoms with van der Waals surface area (Å²) in [5.41, 5.74) is 1.71. The van der Waals surface area contributed by atoms with E-state index in [0.717, 1.165) is 5.56 Å². The van der Waals surface area contributed by atoms with Crippen LogP contribution < -0.4 is 9.62 Å². The molecule has 1 heterocycles. The van der Waals surface area contributed by atoms with Crippen molar-refractivity contribution < 1.29 is 18.3 Å². The molecule has 1 aliphatic heterocycles. The van der Waals surface area contributed by atoms with Crippen LogP contribution in [0, 0.1) is 0 Å². The van der Waals surface area contributed by atoms with Gasteiger partial charge in [0.15, 0.2) is 0 Å². The molecule has 1 aliphatic rings. The number of halogens is 1. The summed E-state index contributed by atoms with van der Waals surface area (Å²) in [6, 6.07) is 11.5. The third-order valence-corrected chi connectivity index (χ3v) is 6.04. The van der Waals surface area contributed by atoms with E-state index in [1.54, 1.807) is 12.1 Å². The van der Waals surface area contributed by atoms with E-state index < -0.39 is 15.9 Å². The van der Waals surface area contributed by atoms with Crippen LogP contribution in [0.2, 0.25) is 5.02 Å². The van der Waals surface area contributed by atoms with Gasteiger partial charge in [0.25, 0.3) is 5.91 Å². The number of aromatic hydroxyl groups is 1. The third kappa shape index (κ3) is 3.72. The molecule has 1 amide bonds. The van der Waals surface area contributed by atoms with E-state index in [1.165, 1.54) is 22.5 Å². The predicted octanol–water partition coefficient (Wildman–Crippen LogP) is 2.17. The zero-order valence-corrected chi connectivity index (χ0v) is 14.8. The number of phenols is 1. The molecule has 6 nitrogen and oxygen atoms in total. The largest absolute Gasteiger partial charge is 0.507 e. The van der Waals surface area contributed by atoms with Crippen molar-refractivity contribution in [3.05, 3.63) is 58.6 Å². The maximum atomic E-state index is 12.5. The van der Waals surface area contributed by atoms with Crippen LogP contribution >= 0.6 is 11.6 Å². The van der Waals surface area contributed by atoms with Gasteiger partial charge in [-0.1, -0.05) is 29.8 Å². The summed E-state index contributed by atoms with van der Waals surface area (Å²) >= 11 is 5.81. The number of rotatable bonds is 5. The molecule has 0 bridgehead atoms. The van der Waals surface area contributed by atoms with Crippen LogP contribution in [0.15, 0.2) is 42.5 Å². The van der Waals surface area contributed by atoms with Gasteiger partial charge in [-0.25, -0.2) is 8.42 Å². The SMILES string of the molecule is O=C(NCCS(=O)(=O)N1CCc2ccccc21)c1cc(Cl)ccc1O. The average molecular weight is 381 g/mol. The van der Waals surface area contributed by atoms with Gasteiger partial charge < -0.3 is 10.4 Å². The van der Waals surface area contributed by atoms with Gasteiger partial charge in [-0.2, -0.15) is 0 Å². The number of carbonyl (C=O) groups is 1. The molecule has 0 aromatic heterocycles. The molecule has 0 saturated carbocycles. The van der Waals surface area contributed by atoms with Crippen molar-refractivity contribution in [1.29, 1.82) is 0 Å². The van der Waals surface area contributed by atoms with Crippen LogP contribution in [-0.2, 0) is 16.4 Å².